The molecule has 0 bridgehead atoms. The molecule has 1 aliphatic rings. The maximum atomic E-state index is 13.4. The first-order valence-electron chi connectivity index (χ1n) is 9.67. The van der Waals surface area contributed by atoms with Crippen molar-refractivity contribution in [3.63, 3.8) is 0 Å². The summed E-state index contributed by atoms with van der Waals surface area (Å²) in [7, 11) is 5.65. The summed E-state index contributed by atoms with van der Waals surface area (Å²) in [5, 5.41) is 8.11. The number of halogens is 3. The van der Waals surface area contributed by atoms with Gasteiger partial charge in [-0.1, -0.05) is 18.2 Å². The smallest absolute Gasteiger partial charge is 0.475 e. The van der Waals surface area contributed by atoms with Crippen molar-refractivity contribution >= 4 is 22.8 Å². The van der Waals surface area contributed by atoms with Crippen molar-refractivity contribution in [1.82, 2.24) is 19.0 Å². The quantitative estimate of drug-likeness (QED) is 0.660. The Bertz CT molecular complexity index is 1140. The highest BCUT2D eigenvalue weighted by molar-refractivity contribution is 6.07. The van der Waals surface area contributed by atoms with Crippen LogP contribution in [0.4, 0.5) is 13.2 Å². The molecule has 2 aromatic heterocycles. The van der Waals surface area contributed by atoms with Gasteiger partial charge < -0.3 is 23.9 Å². The van der Waals surface area contributed by atoms with Gasteiger partial charge in [0.05, 0.1) is 36.8 Å². The lowest BCUT2D eigenvalue weighted by molar-refractivity contribution is -0.192. The number of ether oxygens (including phenoxy) is 1. The molecule has 0 radical (unpaired) electrons. The molecule has 0 spiro atoms. The van der Waals surface area contributed by atoms with E-state index in [9.17, 15) is 18.0 Å². The van der Waals surface area contributed by atoms with Crippen LogP contribution in [0, 0.1) is 0 Å². The minimum Gasteiger partial charge on any atom is -0.475 e. The first-order chi connectivity index (χ1) is 15.0. The molecule has 1 amide bonds. The lowest BCUT2D eigenvalue weighted by Crippen LogP contribution is -2.47. The number of amides is 1. The Hall–Kier alpha value is -3.34. The summed E-state index contributed by atoms with van der Waals surface area (Å²) in [5.74, 6) is -2.72. The second-order valence-corrected chi connectivity index (χ2v) is 7.47. The molecule has 8 nitrogen and oxygen atoms in total. The van der Waals surface area contributed by atoms with E-state index >= 15 is 0 Å². The van der Waals surface area contributed by atoms with Crippen molar-refractivity contribution in [3.05, 3.63) is 53.7 Å². The van der Waals surface area contributed by atoms with Crippen LogP contribution in [0.1, 0.15) is 21.7 Å². The number of carbonyl (C=O) groups is 2. The third-order valence-corrected chi connectivity index (χ3v) is 5.33. The minimum absolute atomic E-state index is 0.0133. The van der Waals surface area contributed by atoms with E-state index in [0.717, 1.165) is 28.6 Å². The molecule has 0 saturated carbocycles. The lowest BCUT2D eigenvalue weighted by Gasteiger charge is -2.35. The van der Waals surface area contributed by atoms with Crippen molar-refractivity contribution in [2.75, 3.05) is 13.7 Å². The molecule has 1 unspecified atom stereocenters. The van der Waals surface area contributed by atoms with E-state index in [4.69, 9.17) is 14.6 Å². The fraction of sp³-hybridized carbons (Fsp3) is 0.381. The molecular weight excluding hydrogens is 429 g/mol. The van der Waals surface area contributed by atoms with Crippen molar-refractivity contribution in [2.45, 2.75) is 25.2 Å². The van der Waals surface area contributed by atoms with Crippen LogP contribution in [0.25, 0.3) is 10.9 Å². The first-order valence-corrected chi connectivity index (χ1v) is 9.67. The van der Waals surface area contributed by atoms with Gasteiger partial charge in [0, 0.05) is 50.4 Å². The van der Waals surface area contributed by atoms with E-state index in [1.165, 1.54) is 5.69 Å². The summed E-state index contributed by atoms with van der Waals surface area (Å²) in [4.78, 5) is 28.6. The van der Waals surface area contributed by atoms with Crippen LogP contribution in [0.15, 0.2) is 36.8 Å². The number of aryl methyl sites for hydroxylation is 2. The fourth-order valence-electron chi connectivity index (χ4n) is 3.77. The summed E-state index contributed by atoms with van der Waals surface area (Å²) < 4.78 is 41.2. The van der Waals surface area contributed by atoms with Crippen molar-refractivity contribution < 1.29 is 32.6 Å². The van der Waals surface area contributed by atoms with E-state index in [1.54, 1.807) is 7.11 Å². The van der Waals surface area contributed by atoms with Gasteiger partial charge in [-0.05, 0) is 6.07 Å². The molecule has 11 heteroatoms. The van der Waals surface area contributed by atoms with Crippen LogP contribution < -0.4 is 0 Å². The van der Waals surface area contributed by atoms with E-state index in [-0.39, 0.29) is 11.9 Å². The number of aromatic nitrogens is 3. The molecule has 0 fully saturated rings. The van der Waals surface area contributed by atoms with Crippen LogP contribution >= 0.6 is 0 Å². The highest BCUT2D eigenvalue weighted by atomic mass is 19.4. The Kier molecular flexibility index (Phi) is 6.58. The number of carbonyl (C=O) groups excluding carboxylic acids is 1. The SMILES string of the molecule is COCC1Cc2c(ncn2C)CN1C(=O)c1cn(C)c2ccccc12.O=C(O)C(F)(F)F. The third kappa shape index (κ3) is 4.62. The van der Waals surface area contributed by atoms with Gasteiger partial charge in [0.1, 0.15) is 0 Å². The van der Waals surface area contributed by atoms with Crippen molar-refractivity contribution in [3.8, 4) is 0 Å². The second-order valence-electron chi connectivity index (χ2n) is 7.47. The Morgan fingerprint density at radius 2 is 1.88 bits per heavy atom. The molecule has 0 saturated heterocycles. The molecule has 172 valence electrons. The molecule has 1 N–H and O–H groups in total. The summed E-state index contributed by atoms with van der Waals surface area (Å²) in [6.07, 6.45) is -0.582. The number of para-hydroxylation sites is 1. The van der Waals surface area contributed by atoms with Gasteiger partial charge in [-0.25, -0.2) is 9.78 Å². The van der Waals surface area contributed by atoms with E-state index in [0.29, 0.717) is 13.2 Å². The second kappa shape index (κ2) is 9.03. The topological polar surface area (TPSA) is 89.6 Å². The number of alkyl halides is 3. The van der Waals surface area contributed by atoms with Crippen molar-refractivity contribution in [1.29, 1.82) is 0 Å². The number of rotatable bonds is 3. The molecular formula is C21H23F3N4O4. The fourth-order valence-corrected chi connectivity index (χ4v) is 3.77. The Morgan fingerprint density at radius 3 is 2.50 bits per heavy atom. The summed E-state index contributed by atoms with van der Waals surface area (Å²) in [6, 6.07) is 8.01. The molecule has 4 rings (SSSR count). The van der Waals surface area contributed by atoms with Crippen LogP contribution in [-0.4, -0.2) is 61.9 Å². The maximum absolute atomic E-state index is 13.4. The Balaban J connectivity index is 0.000000360. The average Bonchev–Trinajstić information content (AvgIpc) is 3.27. The van der Waals surface area contributed by atoms with Crippen LogP contribution in [0.5, 0.6) is 0 Å². The number of hydrogen-bond acceptors (Lipinski definition) is 4. The van der Waals surface area contributed by atoms with Crippen LogP contribution in [0.2, 0.25) is 0 Å². The van der Waals surface area contributed by atoms with Gasteiger partial charge in [-0.2, -0.15) is 13.2 Å². The molecule has 1 aliphatic heterocycles. The maximum Gasteiger partial charge on any atom is 0.490 e. The molecule has 3 aromatic rings. The van der Waals surface area contributed by atoms with Gasteiger partial charge in [0.25, 0.3) is 5.91 Å². The Labute approximate surface area is 181 Å². The number of nitrogens with zero attached hydrogens (tertiary/aromatic N) is 4. The Morgan fingerprint density at radius 1 is 1.22 bits per heavy atom. The number of carboxylic acids is 1. The number of fused-ring (bicyclic) bond motifs is 2. The number of benzene rings is 1. The van der Waals surface area contributed by atoms with Gasteiger partial charge in [-0.15, -0.1) is 0 Å². The number of imidazole rings is 1. The normalized spacial score (nSPS) is 15.8. The highest BCUT2D eigenvalue weighted by Gasteiger charge is 2.38. The standard InChI is InChI=1S/C19H22N4O2.C2HF3O2/c1-21-9-15(14-6-4-5-7-17(14)21)19(24)23-10-16-18(22(2)12-20-16)8-13(23)11-25-3;3-2(4,5)1(6)7/h4-7,9,12-13H,8,10-11H2,1-3H3;(H,6,7). The largest absolute Gasteiger partial charge is 0.490 e. The van der Waals surface area contributed by atoms with Gasteiger partial charge in [0.15, 0.2) is 0 Å². The lowest BCUT2D eigenvalue weighted by atomic mass is 10.0. The number of carboxylic acid groups (broad SMARTS) is 1. The van der Waals surface area contributed by atoms with Gasteiger partial charge >= 0.3 is 12.1 Å². The third-order valence-electron chi connectivity index (χ3n) is 5.33. The predicted octanol–water partition coefficient (Wildman–Crippen LogP) is 2.76. The average molecular weight is 452 g/mol. The van der Waals surface area contributed by atoms with E-state index in [2.05, 4.69) is 4.98 Å². The van der Waals surface area contributed by atoms with E-state index in [1.807, 2.05) is 64.9 Å². The summed E-state index contributed by atoms with van der Waals surface area (Å²) in [5.41, 5.74) is 3.95. The predicted molar refractivity (Wildman–Crippen MR) is 109 cm³/mol. The molecule has 1 aromatic carbocycles. The van der Waals surface area contributed by atoms with Gasteiger partial charge in [0.2, 0.25) is 0 Å². The molecule has 0 aliphatic carbocycles. The molecule has 1 atom stereocenters. The molecule has 3 heterocycles. The zero-order valence-electron chi connectivity index (χ0n) is 17.8. The number of hydrogen-bond donors (Lipinski definition) is 1. The van der Waals surface area contributed by atoms with Crippen LogP contribution in [-0.2, 0) is 36.6 Å². The monoisotopic (exact) mass is 452 g/mol. The molecule has 32 heavy (non-hydrogen) atoms. The van der Waals surface area contributed by atoms with E-state index < -0.39 is 12.1 Å². The minimum atomic E-state index is -5.08. The highest BCUT2D eigenvalue weighted by Crippen LogP contribution is 2.27. The summed E-state index contributed by atoms with van der Waals surface area (Å²) in [6.45, 7) is 1.04. The number of methoxy groups -OCH3 is 1. The zero-order valence-corrected chi connectivity index (χ0v) is 17.8. The summed E-state index contributed by atoms with van der Waals surface area (Å²) >= 11 is 0. The first kappa shape index (κ1) is 23.3. The number of aliphatic carboxylic acids is 1. The zero-order chi connectivity index (χ0) is 23.6. The van der Waals surface area contributed by atoms with Gasteiger partial charge in [-0.3, -0.25) is 4.79 Å². The van der Waals surface area contributed by atoms with Crippen LogP contribution in [0.3, 0.4) is 0 Å². The van der Waals surface area contributed by atoms with Crippen molar-refractivity contribution in [2.24, 2.45) is 14.1 Å².